The van der Waals surface area contributed by atoms with E-state index in [1.807, 2.05) is 4.90 Å². The average Bonchev–Trinajstić information content (AvgIpc) is 2.87. The molecule has 21 heavy (non-hydrogen) atoms. The van der Waals surface area contributed by atoms with E-state index in [9.17, 15) is 13.2 Å². The number of anilines is 1. The van der Waals surface area contributed by atoms with E-state index in [0.717, 1.165) is 30.8 Å². The van der Waals surface area contributed by atoms with Crippen molar-refractivity contribution >= 4 is 27.3 Å². The summed E-state index contributed by atoms with van der Waals surface area (Å²) in [5.41, 5.74) is -0.520. The average molecular weight is 365 g/mol. The van der Waals surface area contributed by atoms with Gasteiger partial charge in [0.2, 0.25) is 0 Å². The molecule has 0 amide bonds. The lowest BCUT2D eigenvalue weighted by Gasteiger charge is -2.23. The van der Waals surface area contributed by atoms with Gasteiger partial charge in [0.25, 0.3) is 0 Å². The molecular weight excluding hydrogens is 349 g/mol. The maximum absolute atomic E-state index is 12.8. The van der Waals surface area contributed by atoms with Gasteiger partial charge in [-0.2, -0.15) is 18.3 Å². The summed E-state index contributed by atoms with van der Waals surface area (Å²) in [7, 11) is 0. The molecule has 2 heterocycles. The summed E-state index contributed by atoms with van der Waals surface area (Å²) in [5, 5.41) is 4.30. The molecule has 0 spiro atoms. The van der Waals surface area contributed by atoms with Gasteiger partial charge in [-0.1, -0.05) is 29.3 Å². The van der Waals surface area contributed by atoms with Crippen LogP contribution in [0.4, 0.5) is 19.0 Å². The first-order valence-corrected chi connectivity index (χ1v) is 7.82. The van der Waals surface area contributed by atoms with Crippen LogP contribution in [0, 0.1) is 0 Å². The van der Waals surface area contributed by atoms with E-state index in [2.05, 4.69) is 32.9 Å². The number of nitrogens with zero attached hydrogens (tertiary/aromatic N) is 4. The normalized spacial score (nSPS) is 12.0. The van der Waals surface area contributed by atoms with Crippen molar-refractivity contribution < 1.29 is 13.2 Å². The van der Waals surface area contributed by atoms with Gasteiger partial charge in [0.1, 0.15) is 5.52 Å². The van der Waals surface area contributed by atoms with E-state index in [-0.39, 0.29) is 0 Å². The number of aromatic nitrogens is 3. The van der Waals surface area contributed by atoms with Crippen LogP contribution < -0.4 is 4.90 Å². The Morgan fingerprint density at radius 3 is 2.71 bits per heavy atom. The van der Waals surface area contributed by atoms with Gasteiger partial charge in [-0.15, -0.1) is 0 Å². The molecule has 2 aromatic heterocycles. The summed E-state index contributed by atoms with van der Waals surface area (Å²) < 4.78 is 39.6. The molecule has 0 unspecified atom stereocenters. The maximum Gasteiger partial charge on any atom is 0.435 e. The van der Waals surface area contributed by atoms with Crippen LogP contribution in [0.2, 0.25) is 0 Å². The number of unbranched alkanes of at least 4 members (excludes halogenated alkanes) is 1. The predicted octanol–water partition coefficient (Wildman–Crippen LogP) is 3.75. The molecular formula is C13H16BrF3N4. The highest BCUT2D eigenvalue weighted by atomic mass is 79.9. The first kappa shape index (κ1) is 16.1. The van der Waals surface area contributed by atoms with E-state index < -0.39 is 11.9 Å². The molecule has 0 N–H and O–H groups in total. The number of hydrogen-bond donors (Lipinski definition) is 0. The summed E-state index contributed by atoms with van der Waals surface area (Å²) in [4.78, 5) is 6.23. The summed E-state index contributed by atoms with van der Waals surface area (Å²) in [6.07, 6.45) is 0.417. The lowest BCUT2D eigenvalue weighted by Crippen LogP contribution is -2.27. The van der Waals surface area contributed by atoms with Crippen LogP contribution in [-0.4, -0.2) is 33.0 Å². The van der Waals surface area contributed by atoms with Crippen molar-refractivity contribution in [2.45, 2.75) is 25.9 Å². The molecule has 8 heteroatoms. The molecule has 0 radical (unpaired) electrons. The van der Waals surface area contributed by atoms with E-state index in [1.54, 1.807) is 0 Å². The smallest absolute Gasteiger partial charge is 0.354 e. The second-order valence-corrected chi connectivity index (χ2v) is 5.43. The first-order chi connectivity index (χ1) is 9.97. The highest BCUT2D eigenvalue weighted by Gasteiger charge is 2.34. The Morgan fingerprint density at radius 2 is 2.10 bits per heavy atom. The Bertz CT molecular complexity index is 597. The zero-order chi connectivity index (χ0) is 15.5. The largest absolute Gasteiger partial charge is 0.435 e. The molecule has 116 valence electrons. The van der Waals surface area contributed by atoms with Crippen molar-refractivity contribution in [2.75, 3.05) is 23.3 Å². The third-order valence-electron chi connectivity index (χ3n) is 3.10. The molecule has 0 aromatic carbocycles. The van der Waals surface area contributed by atoms with Crippen LogP contribution in [0.5, 0.6) is 0 Å². The SMILES string of the molecule is CCCCN(CCBr)c1nccn2nc(C(F)(F)F)cc12. The van der Waals surface area contributed by atoms with Gasteiger partial charge in [-0.05, 0) is 6.42 Å². The Kier molecular flexibility index (Phi) is 5.08. The minimum atomic E-state index is -4.45. The van der Waals surface area contributed by atoms with Crippen molar-refractivity contribution in [1.29, 1.82) is 0 Å². The molecule has 2 rings (SSSR count). The molecule has 0 aliphatic rings. The quantitative estimate of drug-likeness (QED) is 0.732. The highest BCUT2D eigenvalue weighted by molar-refractivity contribution is 9.09. The standard InChI is InChI=1S/C13H16BrF3N4/c1-2-3-6-20(7-4-14)12-10-9-11(13(15,16)17)19-21(10)8-5-18-12/h5,8-9H,2-4,6-7H2,1H3. The van der Waals surface area contributed by atoms with Crippen molar-refractivity contribution in [3.05, 3.63) is 24.2 Å². The van der Waals surface area contributed by atoms with Crippen LogP contribution in [0.1, 0.15) is 25.5 Å². The molecule has 0 saturated carbocycles. The van der Waals surface area contributed by atoms with Gasteiger partial charge < -0.3 is 4.90 Å². The van der Waals surface area contributed by atoms with Gasteiger partial charge in [0.05, 0.1) is 0 Å². The van der Waals surface area contributed by atoms with Crippen LogP contribution in [0.15, 0.2) is 18.5 Å². The fourth-order valence-corrected chi connectivity index (χ4v) is 2.49. The third-order valence-corrected chi connectivity index (χ3v) is 3.45. The number of hydrogen-bond acceptors (Lipinski definition) is 3. The van der Waals surface area contributed by atoms with Crippen LogP contribution in [0.25, 0.3) is 5.52 Å². The summed E-state index contributed by atoms with van der Waals surface area (Å²) in [6, 6.07) is 1.05. The van der Waals surface area contributed by atoms with Gasteiger partial charge in [-0.3, -0.25) is 0 Å². The Labute approximate surface area is 129 Å². The first-order valence-electron chi connectivity index (χ1n) is 6.70. The van der Waals surface area contributed by atoms with Gasteiger partial charge in [-0.25, -0.2) is 9.50 Å². The molecule has 0 aliphatic heterocycles. The number of rotatable bonds is 6. The second kappa shape index (κ2) is 6.64. The molecule has 0 bridgehead atoms. The summed E-state index contributed by atoms with van der Waals surface area (Å²) in [5.74, 6) is 0.536. The zero-order valence-corrected chi connectivity index (χ0v) is 13.2. The number of halogens is 4. The number of fused-ring (bicyclic) bond motifs is 1. The van der Waals surface area contributed by atoms with Gasteiger partial charge in [0.15, 0.2) is 11.5 Å². The molecule has 4 nitrogen and oxygen atoms in total. The van der Waals surface area contributed by atoms with Crippen LogP contribution in [0.3, 0.4) is 0 Å². The topological polar surface area (TPSA) is 33.4 Å². The minimum absolute atomic E-state index is 0.377. The van der Waals surface area contributed by atoms with Crippen molar-refractivity contribution in [3.63, 3.8) is 0 Å². The molecule has 0 atom stereocenters. The zero-order valence-electron chi connectivity index (χ0n) is 11.6. The molecule has 0 fully saturated rings. The van der Waals surface area contributed by atoms with E-state index in [1.165, 1.54) is 16.9 Å². The van der Waals surface area contributed by atoms with Crippen LogP contribution >= 0.6 is 15.9 Å². The fraction of sp³-hybridized carbons (Fsp3) is 0.538. The van der Waals surface area contributed by atoms with Crippen molar-refractivity contribution in [3.8, 4) is 0 Å². The monoisotopic (exact) mass is 364 g/mol. The second-order valence-electron chi connectivity index (χ2n) is 4.64. The third kappa shape index (κ3) is 3.66. The lowest BCUT2D eigenvalue weighted by atomic mass is 10.3. The molecule has 0 saturated heterocycles. The highest BCUT2D eigenvalue weighted by Crippen LogP contribution is 2.30. The maximum atomic E-state index is 12.8. The Balaban J connectivity index is 2.44. The minimum Gasteiger partial charge on any atom is -0.354 e. The summed E-state index contributed by atoms with van der Waals surface area (Å²) >= 11 is 3.37. The van der Waals surface area contributed by atoms with E-state index >= 15 is 0 Å². The summed E-state index contributed by atoms with van der Waals surface area (Å²) in [6.45, 7) is 3.50. The van der Waals surface area contributed by atoms with Gasteiger partial charge in [0, 0.05) is 36.9 Å². The lowest BCUT2D eigenvalue weighted by molar-refractivity contribution is -0.141. The van der Waals surface area contributed by atoms with Crippen molar-refractivity contribution in [1.82, 2.24) is 14.6 Å². The van der Waals surface area contributed by atoms with Crippen LogP contribution in [-0.2, 0) is 6.18 Å². The van der Waals surface area contributed by atoms with E-state index in [4.69, 9.17) is 0 Å². The fourth-order valence-electron chi connectivity index (χ4n) is 2.07. The molecule has 0 aliphatic carbocycles. The van der Waals surface area contributed by atoms with Crippen molar-refractivity contribution in [2.24, 2.45) is 0 Å². The van der Waals surface area contributed by atoms with E-state index in [0.29, 0.717) is 17.9 Å². The Hall–Kier alpha value is -1.31. The molecule has 2 aromatic rings. The predicted molar refractivity (Wildman–Crippen MR) is 78.9 cm³/mol. The number of alkyl halides is 4. The van der Waals surface area contributed by atoms with Gasteiger partial charge >= 0.3 is 6.18 Å². The Morgan fingerprint density at radius 1 is 1.33 bits per heavy atom.